The predicted molar refractivity (Wildman–Crippen MR) is 114 cm³/mol. The number of benzene rings is 3. The summed E-state index contributed by atoms with van der Waals surface area (Å²) in [6.45, 7) is -1.14. The third kappa shape index (κ3) is 7.23. The Morgan fingerprint density at radius 1 is 0.886 bits per heavy atom. The van der Waals surface area contributed by atoms with Crippen LogP contribution in [0.5, 0.6) is 5.75 Å². The number of aliphatic carboxylic acids is 1. The number of ether oxygens (including phenoxy) is 1. The van der Waals surface area contributed by atoms with E-state index >= 15 is 0 Å². The minimum absolute atomic E-state index is 0.0583. The van der Waals surface area contributed by atoms with Gasteiger partial charge in [-0.3, -0.25) is 0 Å². The molecule has 0 aliphatic carbocycles. The van der Waals surface area contributed by atoms with Crippen molar-refractivity contribution in [3.8, 4) is 16.9 Å². The first-order valence-corrected chi connectivity index (χ1v) is 9.91. The van der Waals surface area contributed by atoms with Crippen molar-refractivity contribution >= 4 is 12.2 Å². The Hall–Kier alpha value is -4.02. The summed E-state index contributed by atoms with van der Waals surface area (Å²) >= 11 is 0. The Kier molecular flexibility index (Phi) is 7.68. The SMILES string of the molecule is O=C(O)CON=Cc1ccccc1-c1cccc(OCc2cc(C(F)(F)F)cc(C(F)(F)F)c2)c1. The van der Waals surface area contributed by atoms with Gasteiger partial charge in [0.15, 0.2) is 0 Å². The minimum atomic E-state index is -4.95. The molecule has 0 amide bonds. The number of hydrogen-bond donors (Lipinski definition) is 1. The molecule has 11 heteroatoms. The van der Waals surface area contributed by atoms with Crippen molar-refractivity contribution in [2.75, 3.05) is 6.61 Å². The largest absolute Gasteiger partial charge is 0.489 e. The third-order valence-electron chi connectivity index (χ3n) is 4.61. The highest BCUT2D eigenvalue weighted by Crippen LogP contribution is 2.36. The van der Waals surface area contributed by atoms with Gasteiger partial charge in [0.2, 0.25) is 6.61 Å². The summed E-state index contributed by atoms with van der Waals surface area (Å²) in [5.41, 5.74) is -1.29. The third-order valence-corrected chi connectivity index (χ3v) is 4.61. The minimum Gasteiger partial charge on any atom is -0.489 e. The average Bonchev–Trinajstić information content (AvgIpc) is 2.79. The molecule has 5 nitrogen and oxygen atoms in total. The van der Waals surface area contributed by atoms with Gasteiger partial charge in [-0.2, -0.15) is 26.3 Å². The molecule has 0 aliphatic rings. The van der Waals surface area contributed by atoms with Crippen LogP contribution in [0, 0.1) is 0 Å². The van der Waals surface area contributed by atoms with Gasteiger partial charge in [0.1, 0.15) is 12.4 Å². The van der Waals surface area contributed by atoms with Crippen molar-refractivity contribution in [3.63, 3.8) is 0 Å². The van der Waals surface area contributed by atoms with Gasteiger partial charge in [-0.15, -0.1) is 0 Å². The van der Waals surface area contributed by atoms with Gasteiger partial charge in [-0.05, 0) is 47.0 Å². The van der Waals surface area contributed by atoms with E-state index in [1.165, 1.54) is 12.3 Å². The Morgan fingerprint density at radius 2 is 1.54 bits per heavy atom. The second-order valence-corrected chi connectivity index (χ2v) is 7.22. The van der Waals surface area contributed by atoms with E-state index in [-0.39, 0.29) is 17.4 Å². The smallest absolute Gasteiger partial charge is 0.416 e. The number of carboxylic acid groups (broad SMARTS) is 1. The molecule has 0 heterocycles. The van der Waals surface area contributed by atoms with Crippen LogP contribution in [-0.2, 0) is 28.6 Å². The first-order valence-electron chi connectivity index (χ1n) is 9.91. The van der Waals surface area contributed by atoms with Crippen LogP contribution >= 0.6 is 0 Å². The lowest BCUT2D eigenvalue weighted by Crippen LogP contribution is -2.12. The first kappa shape index (κ1) is 25.6. The Labute approximate surface area is 195 Å². The van der Waals surface area contributed by atoms with Crippen LogP contribution in [0.25, 0.3) is 11.1 Å². The molecule has 0 spiro atoms. The maximum absolute atomic E-state index is 13.1. The van der Waals surface area contributed by atoms with Gasteiger partial charge in [0.25, 0.3) is 0 Å². The maximum Gasteiger partial charge on any atom is 0.416 e. The second kappa shape index (κ2) is 10.5. The van der Waals surface area contributed by atoms with E-state index in [0.717, 1.165) is 0 Å². The zero-order valence-corrected chi connectivity index (χ0v) is 17.7. The molecule has 0 saturated carbocycles. The molecule has 3 aromatic rings. The van der Waals surface area contributed by atoms with Crippen LogP contribution in [0.15, 0.2) is 71.9 Å². The molecule has 0 bridgehead atoms. The maximum atomic E-state index is 13.1. The highest BCUT2D eigenvalue weighted by molar-refractivity contribution is 5.90. The molecule has 0 radical (unpaired) electrons. The number of carboxylic acids is 1. The van der Waals surface area contributed by atoms with Crippen molar-refractivity contribution in [1.82, 2.24) is 0 Å². The molecule has 0 unspecified atom stereocenters. The van der Waals surface area contributed by atoms with Crippen molar-refractivity contribution in [1.29, 1.82) is 0 Å². The number of oxime groups is 1. The lowest BCUT2D eigenvalue weighted by molar-refractivity contribution is -0.144. The van der Waals surface area contributed by atoms with Gasteiger partial charge in [-0.1, -0.05) is 41.6 Å². The molecular formula is C24H17F6NO4. The lowest BCUT2D eigenvalue weighted by Gasteiger charge is -2.15. The first-order chi connectivity index (χ1) is 16.4. The fraction of sp³-hybridized carbons (Fsp3) is 0.167. The molecule has 0 aromatic heterocycles. The fourth-order valence-corrected chi connectivity index (χ4v) is 3.08. The van der Waals surface area contributed by atoms with E-state index in [4.69, 9.17) is 9.84 Å². The number of carbonyl (C=O) groups is 1. The quantitative estimate of drug-likeness (QED) is 0.222. The number of rotatable bonds is 8. The van der Waals surface area contributed by atoms with Gasteiger partial charge >= 0.3 is 18.3 Å². The van der Waals surface area contributed by atoms with Crippen LogP contribution in [0.2, 0.25) is 0 Å². The van der Waals surface area contributed by atoms with E-state index in [0.29, 0.717) is 28.8 Å². The van der Waals surface area contributed by atoms with Gasteiger partial charge in [0, 0.05) is 5.56 Å². The van der Waals surface area contributed by atoms with E-state index in [2.05, 4.69) is 9.99 Å². The number of alkyl halides is 6. The summed E-state index contributed by atoms with van der Waals surface area (Å²) < 4.78 is 83.9. The predicted octanol–water partition coefficient (Wildman–Crippen LogP) is 6.41. The molecule has 1 N–H and O–H groups in total. The summed E-state index contributed by atoms with van der Waals surface area (Å²) in [4.78, 5) is 15.2. The molecule has 0 saturated heterocycles. The van der Waals surface area contributed by atoms with E-state index in [1.54, 1.807) is 42.5 Å². The number of hydrogen-bond acceptors (Lipinski definition) is 4. The monoisotopic (exact) mass is 497 g/mol. The summed E-state index contributed by atoms with van der Waals surface area (Å²) in [6, 6.07) is 14.5. The molecule has 0 atom stereocenters. The lowest BCUT2D eigenvalue weighted by atomic mass is 10.0. The molecule has 3 rings (SSSR count). The average molecular weight is 497 g/mol. The summed E-state index contributed by atoms with van der Waals surface area (Å²) in [5.74, 6) is -0.981. The number of nitrogens with zero attached hydrogens (tertiary/aromatic N) is 1. The molecule has 0 aliphatic heterocycles. The van der Waals surface area contributed by atoms with E-state index in [9.17, 15) is 31.1 Å². The fourth-order valence-electron chi connectivity index (χ4n) is 3.08. The van der Waals surface area contributed by atoms with Crippen molar-refractivity contribution in [3.05, 3.63) is 89.0 Å². The zero-order chi connectivity index (χ0) is 25.6. The summed E-state index contributed by atoms with van der Waals surface area (Å²) in [6.07, 6.45) is -8.59. The summed E-state index contributed by atoms with van der Waals surface area (Å²) in [7, 11) is 0. The van der Waals surface area contributed by atoms with Crippen molar-refractivity contribution in [2.24, 2.45) is 5.16 Å². The molecule has 184 valence electrons. The molecule has 3 aromatic carbocycles. The Morgan fingerprint density at radius 3 is 2.17 bits per heavy atom. The van der Waals surface area contributed by atoms with E-state index < -0.39 is 42.7 Å². The topological polar surface area (TPSA) is 68.1 Å². The molecular weight excluding hydrogens is 480 g/mol. The van der Waals surface area contributed by atoms with Crippen molar-refractivity contribution in [2.45, 2.75) is 19.0 Å². The highest BCUT2D eigenvalue weighted by atomic mass is 19.4. The van der Waals surface area contributed by atoms with Gasteiger partial charge in [-0.25, -0.2) is 4.79 Å². The number of halogens is 6. The Balaban J connectivity index is 1.83. The van der Waals surface area contributed by atoms with Crippen molar-refractivity contribution < 1.29 is 45.8 Å². The van der Waals surface area contributed by atoms with Gasteiger partial charge < -0.3 is 14.7 Å². The summed E-state index contributed by atoms with van der Waals surface area (Å²) in [5, 5.41) is 12.2. The normalized spacial score (nSPS) is 12.1. The van der Waals surface area contributed by atoms with Gasteiger partial charge in [0.05, 0.1) is 17.3 Å². The van der Waals surface area contributed by atoms with Crippen LogP contribution in [0.1, 0.15) is 22.3 Å². The van der Waals surface area contributed by atoms with E-state index in [1.807, 2.05) is 0 Å². The van der Waals surface area contributed by atoms with Crippen LogP contribution < -0.4 is 4.74 Å². The van der Waals surface area contributed by atoms with Crippen LogP contribution in [-0.4, -0.2) is 23.9 Å². The standard InChI is InChI=1S/C24H17F6NO4/c25-23(26,27)18-8-15(9-19(11-18)24(28,29)30)13-34-20-6-3-5-16(10-20)21-7-2-1-4-17(21)12-31-35-14-22(32)33/h1-12H,13-14H2,(H,32,33). The van der Waals surface area contributed by atoms with Crippen LogP contribution in [0.4, 0.5) is 26.3 Å². The zero-order valence-electron chi connectivity index (χ0n) is 17.7. The highest BCUT2D eigenvalue weighted by Gasteiger charge is 2.36. The second-order valence-electron chi connectivity index (χ2n) is 7.22. The molecule has 0 fully saturated rings. The molecule has 35 heavy (non-hydrogen) atoms. The van der Waals surface area contributed by atoms with Crippen LogP contribution in [0.3, 0.4) is 0 Å². The Bertz CT molecular complexity index is 1190.